The van der Waals surface area contributed by atoms with Crippen molar-refractivity contribution in [1.29, 1.82) is 0 Å². The Morgan fingerprint density at radius 3 is 2.69 bits per heavy atom. The van der Waals surface area contributed by atoms with Crippen molar-refractivity contribution in [1.82, 2.24) is 10.3 Å². The maximum absolute atomic E-state index is 12.9. The molecule has 1 saturated heterocycles. The van der Waals surface area contributed by atoms with Gasteiger partial charge in [-0.2, -0.15) is 0 Å². The number of amides is 1. The van der Waals surface area contributed by atoms with Gasteiger partial charge in [-0.3, -0.25) is 4.79 Å². The number of nitrogens with zero attached hydrogens (tertiary/aromatic N) is 2. The predicted molar refractivity (Wildman–Crippen MR) is 122 cm³/mol. The number of carbonyl (C=O) groups is 1. The van der Waals surface area contributed by atoms with Gasteiger partial charge in [0, 0.05) is 24.7 Å². The second kappa shape index (κ2) is 8.95. The number of benzene rings is 2. The molecule has 1 fully saturated rings. The number of aromatic nitrogens is 1. The summed E-state index contributed by atoms with van der Waals surface area (Å²) in [4.78, 5) is 20.0. The lowest BCUT2D eigenvalue weighted by atomic mass is 10.00. The van der Waals surface area contributed by atoms with E-state index in [4.69, 9.17) is 4.98 Å². The van der Waals surface area contributed by atoms with Crippen LogP contribution in [0.5, 0.6) is 0 Å². The van der Waals surface area contributed by atoms with E-state index in [1.165, 1.54) is 18.4 Å². The van der Waals surface area contributed by atoms with Crippen molar-refractivity contribution >= 4 is 32.6 Å². The van der Waals surface area contributed by atoms with Crippen LogP contribution in [0.1, 0.15) is 49.0 Å². The number of anilines is 1. The van der Waals surface area contributed by atoms with Crippen LogP contribution in [-0.2, 0) is 6.42 Å². The fourth-order valence-electron chi connectivity index (χ4n) is 3.85. The van der Waals surface area contributed by atoms with Gasteiger partial charge < -0.3 is 10.2 Å². The van der Waals surface area contributed by atoms with Gasteiger partial charge >= 0.3 is 0 Å². The van der Waals surface area contributed by atoms with Crippen LogP contribution in [0.4, 0.5) is 5.13 Å². The van der Waals surface area contributed by atoms with Crippen LogP contribution in [0.3, 0.4) is 0 Å². The largest absolute Gasteiger partial charge is 0.349 e. The molecular formula is C24H29N3OS. The van der Waals surface area contributed by atoms with E-state index in [1.807, 2.05) is 36.4 Å². The van der Waals surface area contributed by atoms with Crippen molar-refractivity contribution in [2.45, 2.75) is 45.6 Å². The van der Waals surface area contributed by atoms with E-state index in [-0.39, 0.29) is 11.9 Å². The van der Waals surface area contributed by atoms with Gasteiger partial charge in [0.25, 0.3) is 5.91 Å². The van der Waals surface area contributed by atoms with Crippen molar-refractivity contribution in [3.8, 4) is 0 Å². The van der Waals surface area contributed by atoms with Crippen LogP contribution in [0.25, 0.3) is 10.2 Å². The summed E-state index contributed by atoms with van der Waals surface area (Å²) in [5.41, 5.74) is 2.95. The first-order chi connectivity index (χ1) is 14.1. The second-order valence-electron chi connectivity index (χ2n) is 8.12. The molecule has 1 atom stereocenters. The number of hydrogen-bond acceptors (Lipinski definition) is 4. The van der Waals surface area contributed by atoms with E-state index in [9.17, 15) is 4.79 Å². The Labute approximate surface area is 177 Å². The third-order valence-corrected chi connectivity index (χ3v) is 6.93. The number of piperidine rings is 1. The Bertz CT molecular complexity index is 961. The molecule has 0 aliphatic carbocycles. The SMILES string of the molecule is CC[C@@H](Cc1ccccc1)NC(=O)c1ccc2nc(N3CCC(C)CC3)sc2c1. The topological polar surface area (TPSA) is 45.2 Å². The Hall–Kier alpha value is -2.40. The molecule has 1 aliphatic rings. The predicted octanol–water partition coefficient (Wildman–Crippen LogP) is 5.28. The molecule has 0 bridgehead atoms. The average molecular weight is 408 g/mol. The number of hydrogen-bond donors (Lipinski definition) is 1. The normalized spacial score (nSPS) is 16.1. The fraction of sp³-hybridized carbons (Fsp3) is 0.417. The van der Waals surface area contributed by atoms with Crippen LogP contribution in [0.15, 0.2) is 48.5 Å². The third kappa shape index (κ3) is 4.78. The molecule has 1 N–H and O–H groups in total. The summed E-state index contributed by atoms with van der Waals surface area (Å²) in [7, 11) is 0. The average Bonchev–Trinajstić information content (AvgIpc) is 3.17. The highest BCUT2D eigenvalue weighted by molar-refractivity contribution is 7.22. The summed E-state index contributed by atoms with van der Waals surface area (Å²) < 4.78 is 1.09. The molecule has 4 nitrogen and oxygen atoms in total. The molecule has 2 heterocycles. The van der Waals surface area contributed by atoms with E-state index in [0.717, 1.165) is 47.2 Å². The van der Waals surface area contributed by atoms with Crippen molar-refractivity contribution < 1.29 is 4.79 Å². The lowest BCUT2D eigenvalue weighted by Crippen LogP contribution is -2.35. The molecule has 1 aliphatic heterocycles. The smallest absolute Gasteiger partial charge is 0.251 e. The van der Waals surface area contributed by atoms with Crippen LogP contribution >= 0.6 is 11.3 Å². The van der Waals surface area contributed by atoms with Crippen LogP contribution in [0, 0.1) is 5.92 Å². The molecule has 5 heteroatoms. The number of rotatable bonds is 6. The van der Waals surface area contributed by atoms with Gasteiger partial charge in [0.15, 0.2) is 5.13 Å². The minimum absolute atomic E-state index is 0.00331. The Kier molecular flexibility index (Phi) is 6.14. The van der Waals surface area contributed by atoms with Gasteiger partial charge in [0.05, 0.1) is 10.2 Å². The van der Waals surface area contributed by atoms with Gasteiger partial charge in [-0.25, -0.2) is 4.98 Å². The Morgan fingerprint density at radius 1 is 1.21 bits per heavy atom. The summed E-state index contributed by atoms with van der Waals surface area (Å²) in [6.07, 6.45) is 4.21. The molecule has 2 aromatic carbocycles. The van der Waals surface area contributed by atoms with Crippen molar-refractivity contribution in [2.75, 3.05) is 18.0 Å². The highest BCUT2D eigenvalue weighted by Crippen LogP contribution is 2.32. The molecule has 29 heavy (non-hydrogen) atoms. The second-order valence-corrected chi connectivity index (χ2v) is 9.13. The summed E-state index contributed by atoms with van der Waals surface area (Å²) in [5.74, 6) is 0.801. The van der Waals surface area contributed by atoms with Gasteiger partial charge in [-0.1, -0.05) is 55.5 Å². The monoisotopic (exact) mass is 407 g/mol. The fourth-order valence-corrected chi connectivity index (χ4v) is 4.91. The van der Waals surface area contributed by atoms with Crippen molar-refractivity contribution in [3.05, 3.63) is 59.7 Å². The van der Waals surface area contributed by atoms with Crippen LogP contribution < -0.4 is 10.2 Å². The summed E-state index contributed by atoms with van der Waals surface area (Å²) in [6.45, 7) is 6.59. The first-order valence-corrected chi connectivity index (χ1v) is 11.4. The van der Waals surface area contributed by atoms with Crippen molar-refractivity contribution in [2.24, 2.45) is 5.92 Å². The third-order valence-electron chi connectivity index (χ3n) is 5.85. The van der Waals surface area contributed by atoms with Crippen LogP contribution in [-0.4, -0.2) is 30.0 Å². The highest BCUT2D eigenvalue weighted by Gasteiger charge is 2.20. The maximum atomic E-state index is 12.9. The molecule has 0 radical (unpaired) electrons. The summed E-state index contributed by atoms with van der Waals surface area (Å²) in [5, 5.41) is 4.29. The number of thiazole rings is 1. The summed E-state index contributed by atoms with van der Waals surface area (Å²) >= 11 is 1.70. The van der Waals surface area contributed by atoms with Crippen molar-refractivity contribution in [3.63, 3.8) is 0 Å². The Balaban J connectivity index is 1.46. The molecule has 3 aromatic rings. The zero-order chi connectivity index (χ0) is 20.2. The summed E-state index contributed by atoms with van der Waals surface area (Å²) in [6, 6.07) is 16.3. The minimum atomic E-state index is -0.00331. The molecule has 0 saturated carbocycles. The zero-order valence-electron chi connectivity index (χ0n) is 17.2. The van der Waals surface area contributed by atoms with Gasteiger partial charge in [0.2, 0.25) is 0 Å². The van der Waals surface area contributed by atoms with Gasteiger partial charge in [-0.15, -0.1) is 0 Å². The molecular weight excluding hydrogens is 378 g/mol. The zero-order valence-corrected chi connectivity index (χ0v) is 18.0. The standard InChI is InChI=1S/C24H29N3OS/c1-3-20(15-18-7-5-4-6-8-18)25-23(28)19-9-10-21-22(16-19)29-24(26-21)27-13-11-17(2)12-14-27/h4-10,16-17,20H,3,11-15H2,1-2H3,(H,25,28)/t20-/m0/s1. The number of fused-ring (bicyclic) bond motifs is 1. The molecule has 4 rings (SSSR count). The van der Waals surface area contributed by atoms with E-state index in [1.54, 1.807) is 11.3 Å². The molecule has 0 spiro atoms. The van der Waals surface area contributed by atoms with E-state index in [0.29, 0.717) is 5.56 Å². The lowest BCUT2D eigenvalue weighted by Gasteiger charge is -2.29. The van der Waals surface area contributed by atoms with Gasteiger partial charge in [0.1, 0.15) is 0 Å². The molecule has 1 amide bonds. The molecule has 1 aromatic heterocycles. The van der Waals surface area contributed by atoms with E-state index >= 15 is 0 Å². The van der Waals surface area contributed by atoms with Gasteiger partial charge in [-0.05, 0) is 55.4 Å². The minimum Gasteiger partial charge on any atom is -0.349 e. The first-order valence-electron chi connectivity index (χ1n) is 10.6. The Morgan fingerprint density at radius 2 is 1.97 bits per heavy atom. The van der Waals surface area contributed by atoms with E-state index < -0.39 is 0 Å². The van der Waals surface area contributed by atoms with E-state index in [2.05, 4.69) is 36.2 Å². The lowest BCUT2D eigenvalue weighted by molar-refractivity contribution is 0.0936. The number of carbonyl (C=O) groups excluding carboxylic acids is 1. The van der Waals surface area contributed by atoms with Crippen LogP contribution in [0.2, 0.25) is 0 Å². The quantitative estimate of drug-likeness (QED) is 0.604. The molecule has 0 unspecified atom stereocenters. The first kappa shape index (κ1) is 19.9. The highest BCUT2D eigenvalue weighted by atomic mass is 32.1. The molecule has 152 valence electrons. The maximum Gasteiger partial charge on any atom is 0.251 e. The number of nitrogens with one attached hydrogen (secondary N) is 1.